The third-order valence-corrected chi connectivity index (χ3v) is 5.34. The lowest BCUT2D eigenvalue weighted by molar-refractivity contribution is 0.0147. The highest BCUT2D eigenvalue weighted by molar-refractivity contribution is 7.16. The molecular weight excluding hydrogens is 282 g/mol. The Balaban J connectivity index is 1.47. The molecule has 21 heavy (non-hydrogen) atoms. The molecule has 2 fully saturated rings. The maximum absolute atomic E-state index is 6.16. The molecule has 110 valence electrons. The summed E-state index contributed by atoms with van der Waals surface area (Å²) in [6, 6.07) is 10.2. The summed E-state index contributed by atoms with van der Waals surface area (Å²) in [5.41, 5.74) is 1.11. The van der Waals surface area contributed by atoms with Crippen LogP contribution in [0.3, 0.4) is 0 Å². The van der Waals surface area contributed by atoms with Crippen LogP contribution in [0, 0.1) is 5.92 Å². The van der Waals surface area contributed by atoms with Crippen molar-refractivity contribution >= 4 is 11.3 Å². The maximum Gasteiger partial charge on any atom is 0.294 e. The molecule has 0 aliphatic carbocycles. The van der Waals surface area contributed by atoms with Gasteiger partial charge in [-0.1, -0.05) is 46.8 Å². The van der Waals surface area contributed by atoms with Crippen molar-refractivity contribution in [3.8, 4) is 15.8 Å². The molecule has 0 radical (unpaired) electrons. The van der Waals surface area contributed by atoms with Crippen LogP contribution in [0.4, 0.5) is 0 Å². The van der Waals surface area contributed by atoms with Gasteiger partial charge in [-0.2, -0.15) is 0 Å². The van der Waals surface area contributed by atoms with Gasteiger partial charge in [0.15, 0.2) is 5.01 Å². The van der Waals surface area contributed by atoms with Crippen molar-refractivity contribution in [1.82, 2.24) is 15.1 Å². The number of benzene rings is 1. The summed E-state index contributed by atoms with van der Waals surface area (Å²) in [6.07, 6.45) is 4.02. The number of rotatable bonds is 3. The monoisotopic (exact) mass is 301 g/mol. The second-order valence-electron chi connectivity index (χ2n) is 5.89. The number of aromatic nitrogens is 2. The van der Waals surface area contributed by atoms with Gasteiger partial charge in [0.2, 0.25) is 0 Å². The van der Waals surface area contributed by atoms with E-state index in [2.05, 4.69) is 27.2 Å². The highest BCUT2D eigenvalue weighted by Gasteiger charge is 2.33. The predicted molar refractivity (Wildman–Crippen MR) is 83.5 cm³/mol. The van der Waals surface area contributed by atoms with E-state index in [4.69, 9.17) is 4.74 Å². The standard InChI is InChI=1S/C16H19N3OS/c1-2-5-12(6-3-1)15-17-18-16(21-15)20-14-8-10-19-9-4-7-13(14)11-19/h1-3,5-6,13-14H,4,7-11H2/t13?,14-/m0/s1. The highest BCUT2D eigenvalue weighted by Crippen LogP contribution is 2.33. The Bertz CT molecular complexity index is 601. The van der Waals surface area contributed by atoms with E-state index in [1.165, 1.54) is 25.9 Å². The first-order chi connectivity index (χ1) is 10.4. The zero-order valence-corrected chi connectivity index (χ0v) is 12.8. The molecule has 2 aliphatic rings. The van der Waals surface area contributed by atoms with Gasteiger partial charge in [0.1, 0.15) is 6.10 Å². The van der Waals surface area contributed by atoms with E-state index in [1.807, 2.05) is 18.2 Å². The summed E-state index contributed by atoms with van der Waals surface area (Å²) >= 11 is 1.55. The Morgan fingerprint density at radius 2 is 2.00 bits per heavy atom. The molecule has 1 aromatic carbocycles. The Kier molecular flexibility index (Phi) is 3.61. The lowest BCUT2D eigenvalue weighted by Gasteiger charge is -2.41. The molecule has 4 rings (SSSR count). The van der Waals surface area contributed by atoms with Crippen LogP contribution in [0.15, 0.2) is 30.3 Å². The Hall–Kier alpha value is -1.46. The Morgan fingerprint density at radius 1 is 1.10 bits per heavy atom. The van der Waals surface area contributed by atoms with Crippen LogP contribution in [0.25, 0.3) is 10.6 Å². The molecule has 2 unspecified atom stereocenters. The van der Waals surface area contributed by atoms with Gasteiger partial charge in [-0.15, -0.1) is 5.10 Å². The van der Waals surface area contributed by atoms with Gasteiger partial charge < -0.3 is 9.64 Å². The highest BCUT2D eigenvalue weighted by atomic mass is 32.1. The van der Waals surface area contributed by atoms with Crippen molar-refractivity contribution in [3.63, 3.8) is 0 Å². The Morgan fingerprint density at radius 3 is 2.90 bits per heavy atom. The largest absolute Gasteiger partial charge is 0.465 e. The molecule has 0 amide bonds. The lowest BCUT2D eigenvalue weighted by atomic mass is 9.87. The molecular formula is C16H19N3OS. The molecule has 2 saturated heterocycles. The molecule has 3 heterocycles. The fourth-order valence-corrected chi connectivity index (χ4v) is 4.14. The van der Waals surface area contributed by atoms with E-state index in [9.17, 15) is 0 Å². The average Bonchev–Trinajstić information content (AvgIpc) is 3.00. The van der Waals surface area contributed by atoms with Crippen LogP contribution in [0.2, 0.25) is 0 Å². The molecule has 0 saturated carbocycles. The first-order valence-electron chi connectivity index (χ1n) is 7.66. The molecule has 2 bridgehead atoms. The summed E-state index contributed by atoms with van der Waals surface area (Å²) in [5.74, 6) is 0.663. The first kappa shape index (κ1) is 13.2. The van der Waals surface area contributed by atoms with Crippen LogP contribution < -0.4 is 4.74 Å². The minimum atomic E-state index is 0.318. The van der Waals surface area contributed by atoms with Gasteiger partial charge >= 0.3 is 0 Å². The van der Waals surface area contributed by atoms with E-state index in [0.717, 1.165) is 28.7 Å². The van der Waals surface area contributed by atoms with Gasteiger partial charge in [-0.3, -0.25) is 0 Å². The molecule has 4 nitrogen and oxygen atoms in total. The van der Waals surface area contributed by atoms with Crippen LogP contribution in [-0.4, -0.2) is 40.8 Å². The second-order valence-corrected chi connectivity index (χ2v) is 6.83. The number of hydrogen-bond acceptors (Lipinski definition) is 5. The van der Waals surface area contributed by atoms with Crippen LogP contribution in [0.5, 0.6) is 5.19 Å². The topological polar surface area (TPSA) is 38.3 Å². The third-order valence-electron chi connectivity index (χ3n) is 4.48. The first-order valence-corrected chi connectivity index (χ1v) is 8.48. The fraction of sp³-hybridized carbons (Fsp3) is 0.500. The van der Waals surface area contributed by atoms with Crippen molar-refractivity contribution in [2.24, 2.45) is 5.92 Å². The molecule has 3 atom stereocenters. The molecule has 2 aromatic rings. The maximum atomic E-state index is 6.16. The zero-order valence-electron chi connectivity index (χ0n) is 11.9. The normalized spacial score (nSPS) is 28.3. The Labute approximate surface area is 128 Å². The molecule has 5 heteroatoms. The number of hydrogen-bond donors (Lipinski definition) is 0. The third kappa shape index (κ3) is 2.80. The average molecular weight is 301 g/mol. The van der Waals surface area contributed by atoms with E-state index >= 15 is 0 Å². The minimum absolute atomic E-state index is 0.318. The molecule has 2 aliphatic heterocycles. The SMILES string of the molecule is c1ccc(-c2nnc(O[C@H]3CCN4CCCC3C4)s2)cc1. The summed E-state index contributed by atoms with van der Waals surface area (Å²) < 4.78 is 6.16. The lowest BCUT2D eigenvalue weighted by Crippen LogP contribution is -2.48. The van der Waals surface area contributed by atoms with Gasteiger partial charge in [0, 0.05) is 24.6 Å². The summed E-state index contributed by atoms with van der Waals surface area (Å²) in [4.78, 5) is 2.56. The van der Waals surface area contributed by atoms with Gasteiger partial charge in [0.25, 0.3) is 5.19 Å². The van der Waals surface area contributed by atoms with Gasteiger partial charge in [-0.05, 0) is 25.8 Å². The van der Waals surface area contributed by atoms with Crippen molar-refractivity contribution in [2.75, 3.05) is 19.6 Å². The number of piperidine rings is 2. The van der Waals surface area contributed by atoms with E-state index in [0.29, 0.717) is 12.0 Å². The number of nitrogens with zero attached hydrogens (tertiary/aromatic N) is 3. The van der Waals surface area contributed by atoms with E-state index in [1.54, 1.807) is 11.3 Å². The quantitative estimate of drug-likeness (QED) is 0.873. The summed E-state index contributed by atoms with van der Waals surface area (Å²) in [7, 11) is 0. The fourth-order valence-electron chi connectivity index (χ4n) is 3.38. The van der Waals surface area contributed by atoms with E-state index in [-0.39, 0.29) is 0 Å². The smallest absolute Gasteiger partial charge is 0.294 e. The summed E-state index contributed by atoms with van der Waals surface area (Å²) in [5, 5.41) is 10.1. The van der Waals surface area contributed by atoms with Gasteiger partial charge in [0.05, 0.1) is 0 Å². The molecule has 0 N–H and O–H groups in total. The van der Waals surface area contributed by atoms with Gasteiger partial charge in [-0.25, -0.2) is 0 Å². The van der Waals surface area contributed by atoms with Crippen molar-refractivity contribution in [1.29, 1.82) is 0 Å². The number of fused-ring (bicyclic) bond motifs is 2. The van der Waals surface area contributed by atoms with Crippen LogP contribution in [-0.2, 0) is 0 Å². The second kappa shape index (κ2) is 5.73. The minimum Gasteiger partial charge on any atom is -0.465 e. The zero-order chi connectivity index (χ0) is 14.1. The molecule has 0 spiro atoms. The van der Waals surface area contributed by atoms with Crippen molar-refractivity contribution in [2.45, 2.75) is 25.4 Å². The van der Waals surface area contributed by atoms with Crippen molar-refractivity contribution < 1.29 is 4.74 Å². The molecule has 1 aromatic heterocycles. The van der Waals surface area contributed by atoms with Crippen LogP contribution >= 0.6 is 11.3 Å². The predicted octanol–water partition coefficient (Wildman–Crippen LogP) is 3.07. The van der Waals surface area contributed by atoms with Crippen LogP contribution in [0.1, 0.15) is 19.3 Å². The van der Waals surface area contributed by atoms with Crippen molar-refractivity contribution in [3.05, 3.63) is 30.3 Å². The summed E-state index contributed by atoms with van der Waals surface area (Å²) in [6.45, 7) is 3.61. The number of ether oxygens (including phenoxy) is 1. The van der Waals surface area contributed by atoms with E-state index < -0.39 is 0 Å².